The zero-order valence-corrected chi connectivity index (χ0v) is 12.7. The van der Waals surface area contributed by atoms with Crippen LogP contribution >= 0.6 is 15.9 Å². The van der Waals surface area contributed by atoms with Crippen LogP contribution in [0.25, 0.3) is 11.0 Å². The van der Waals surface area contributed by atoms with Crippen molar-refractivity contribution in [2.75, 3.05) is 26.4 Å². The monoisotopic (exact) mass is 343 g/mol. The molecule has 1 aromatic heterocycles. The second-order valence-corrected chi connectivity index (χ2v) is 5.36. The first-order chi connectivity index (χ1) is 9.40. The van der Waals surface area contributed by atoms with Crippen molar-refractivity contribution in [2.24, 2.45) is 0 Å². The number of rotatable bonds is 3. The third-order valence-electron chi connectivity index (χ3n) is 2.84. The molecule has 3 N–H and O–H groups in total. The number of carbonyl (C=O) groups is 1. The number of aromatic nitrogens is 2. The fraction of sp³-hybridized carbons (Fsp3) is 0.333. The number of fused-ring (bicyclic) bond motifs is 1. The minimum absolute atomic E-state index is 0.180. The minimum atomic E-state index is -0.386. The van der Waals surface area contributed by atoms with Crippen LogP contribution in [0.2, 0.25) is 0 Å². The van der Waals surface area contributed by atoms with E-state index in [2.05, 4.69) is 26.2 Å². The van der Waals surface area contributed by atoms with E-state index >= 15 is 0 Å². The Balaban J connectivity index is 2.19. The molecule has 0 saturated carbocycles. The van der Waals surface area contributed by atoms with Crippen LogP contribution in [-0.2, 0) is 6.54 Å². The third kappa shape index (κ3) is 2.84. The van der Waals surface area contributed by atoms with Gasteiger partial charge in [0.1, 0.15) is 5.82 Å². The number of nitrogens with one attached hydrogen (secondary N) is 1. The van der Waals surface area contributed by atoms with E-state index in [4.69, 9.17) is 5.73 Å². The molecule has 108 valence electrons. The number of nitrogen functional groups attached to an aromatic ring is 1. The molecule has 8 heteroatoms. The summed E-state index contributed by atoms with van der Waals surface area (Å²) < 4.78 is 15.5. The van der Waals surface area contributed by atoms with Gasteiger partial charge in [-0.15, -0.1) is 0 Å². The standard InChI is InChI=1S/C12H15BrFN5O/c1-18(2)12(20)16-3-4-19-10-5-7(13)8(14)6-9(10)17-11(19)15/h5-6H,3-4H2,1-2H3,(H2,15,17)(H,16,20). The molecule has 2 aromatic rings. The normalized spacial score (nSPS) is 10.8. The molecule has 2 amide bonds. The Morgan fingerprint density at radius 2 is 2.25 bits per heavy atom. The Morgan fingerprint density at radius 3 is 2.90 bits per heavy atom. The quantitative estimate of drug-likeness (QED) is 0.891. The number of hydrogen-bond donors (Lipinski definition) is 2. The van der Waals surface area contributed by atoms with Gasteiger partial charge >= 0.3 is 6.03 Å². The molecule has 0 atom stereocenters. The van der Waals surface area contributed by atoms with Crippen LogP contribution < -0.4 is 11.1 Å². The number of halogens is 2. The molecule has 1 heterocycles. The van der Waals surface area contributed by atoms with Crippen LogP contribution in [0.1, 0.15) is 0 Å². The van der Waals surface area contributed by atoms with Gasteiger partial charge in [-0.3, -0.25) is 0 Å². The summed E-state index contributed by atoms with van der Waals surface area (Å²) >= 11 is 3.14. The number of amides is 2. The second-order valence-electron chi connectivity index (χ2n) is 4.50. The maximum atomic E-state index is 13.4. The molecule has 0 unspecified atom stereocenters. The SMILES string of the molecule is CN(C)C(=O)NCCn1c(N)nc2cc(F)c(Br)cc21. The van der Waals surface area contributed by atoms with Gasteiger partial charge in [0.05, 0.1) is 15.5 Å². The van der Waals surface area contributed by atoms with Crippen molar-refractivity contribution in [1.29, 1.82) is 0 Å². The zero-order chi connectivity index (χ0) is 14.9. The van der Waals surface area contributed by atoms with Crippen LogP contribution in [0.15, 0.2) is 16.6 Å². The van der Waals surface area contributed by atoms with Gasteiger partial charge in [0.25, 0.3) is 0 Å². The first-order valence-corrected chi connectivity index (χ1v) is 6.75. The number of urea groups is 1. The highest BCUT2D eigenvalue weighted by atomic mass is 79.9. The highest BCUT2D eigenvalue weighted by molar-refractivity contribution is 9.10. The number of nitrogens with two attached hydrogens (primary N) is 1. The summed E-state index contributed by atoms with van der Waals surface area (Å²) in [6.07, 6.45) is 0. The number of nitrogens with zero attached hydrogens (tertiary/aromatic N) is 3. The maximum absolute atomic E-state index is 13.4. The molecule has 0 aliphatic carbocycles. The number of hydrogen-bond acceptors (Lipinski definition) is 3. The molecule has 2 rings (SSSR count). The molecule has 0 aliphatic rings. The summed E-state index contributed by atoms with van der Waals surface area (Å²) in [5.74, 6) is -0.0975. The molecule has 0 fully saturated rings. The average molecular weight is 344 g/mol. The lowest BCUT2D eigenvalue weighted by Crippen LogP contribution is -2.36. The van der Waals surface area contributed by atoms with Gasteiger partial charge in [-0.1, -0.05) is 0 Å². The topological polar surface area (TPSA) is 76.2 Å². The molecule has 0 radical (unpaired) electrons. The van der Waals surface area contributed by atoms with Gasteiger partial charge in [0.15, 0.2) is 0 Å². The average Bonchev–Trinajstić information content (AvgIpc) is 2.66. The molecule has 0 saturated heterocycles. The van der Waals surface area contributed by atoms with E-state index in [1.165, 1.54) is 11.0 Å². The van der Waals surface area contributed by atoms with Crippen molar-refractivity contribution in [3.63, 3.8) is 0 Å². The van der Waals surface area contributed by atoms with Crippen molar-refractivity contribution in [3.05, 3.63) is 22.4 Å². The molecular formula is C12H15BrFN5O. The van der Waals surface area contributed by atoms with E-state index in [0.717, 1.165) is 5.52 Å². The smallest absolute Gasteiger partial charge is 0.316 e. The van der Waals surface area contributed by atoms with Crippen molar-refractivity contribution >= 4 is 38.9 Å². The first kappa shape index (κ1) is 14.6. The highest BCUT2D eigenvalue weighted by Crippen LogP contribution is 2.24. The first-order valence-electron chi connectivity index (χ1n) is 5.96. The van der Waals surface area contributed by atoms with Crippen molar-refractivity contribution in [3.8, 4) is 0 Å². The fourth-order valence-corrected chi connectivity index (χ4v) is 2.14. The highest BCUT2D eigenvalue weighted by Gasteiger charge is 2.12. The number of imidazole rings is 1. The van der Waals surface area contributed by atoms with E-state index in [0.29, 0.717) is 23.1 Å². The molecule has 0 aliphatic heterocycles. The summed E-state index contributed by atoms with van der Waals surface area (Å²) in [5.41, 5.74) is 7.03. The van der Waals surface area contributed by atoms with E-state index in [9.17, 15) is 9.18 Å². The van der Waals surface area contributed by atoms with Crippen molar-refractivity contribution in [1.82, 2.24) is 19.8 Å². The molecule has 1 aromatic carbocycles. The van der Waals surface area contributed by atoms with Crippen LogP contribution in [0.5, 0.6) is 0 Å². The van der Waals surface area contributed by atoms with E-state index in [-0.39, 0.29) is 17.8 Å². The van der Waals surface area contributed by atoms with E-state index in [1.807, 2.05) is 0 Å². The molecule has 6 nitrogen and oxygen atoms in total. The van der Waals surface area contributed by atoms with Gasteiger partial charge in [0.2, 0.25) is 5.95 Å². The van der Waals surface area contributed by atoms with Gasteiger partial charge in [-0.2, -0.15) is 0 Å². The largest absolute Gasteiger partial charge is 0.369 e. The molecule has 0 bridgehead atoms. The van der Waals surface area contributed by atoms with Crippen LogP contribution in [0.3, 0.4) is 0 Å². The Labute approximate surface area is 123 Å². The third-order valence-corrected chi connectivity index (χ3v) is 3.45. The maximum Gasteiger partial charge on any atom is 0.316 e. The Hall–Kier alpha value is -1.83. The van der Waals surface area contributed by atoms with Crippen LogP contribution in [0.4, 0.5) is 15.1 Å². The predicted octanol–water partition coefficient (Wildman–Crippen LogP) is 1.79. The number of benzene rings is 1. The second kappa shape index (κ2) is 5.66. The minimum Gasteiger partial charge on any atom is -0.369 e. The van der Waals surface area contributed by atoms with Crippen LogP contribution in [-0.4, -0.2) is 41.1 Å². The van der Waals surface area contributed by atoms with E-state index in [1.54, 1.807) is 24.7 Å². The Kier molecular flexibility index (Phi) is 4.12. The predicted molar refractivity (Wildman–Crippen MR) is 78.9 cm³/mol. The lowest BCUT2D eigenvalue weighted by Gasteiger charge is -2.13. The van der Waals surface area contributed by atoms with Crippen molar-refractivity contribution in [2.45, 2.75) is 6.54 Å². The summed E-state index contributed by atoms with van der Waals surface area (Å²) in [7, 11) is 3.33. The van der Waals surface area contributed by atoms with Crippen LogP contribution in [0, 0.1) is 5.82 Å². The Bertz CT molecular complexity index is 655. The van der Waals surface area contributed by atoms with Gasteiger partial charge in [-0.25, -0.2) is 14.2 Å². The van der Waals surface area contributed by atoms with Gasteiger partial charge < -0.3 is 20.5 Å². The zero-order valence-electron chi connectivity index (χ0n) is 11.2. The van der Waals surface area contributed by atoms with E-state index < -0.39 is 0 Å². The molecule has 20 heavy (non-hydrogen) atoms. The summed E-state index contributed by atoms with van der Waals surface area (Å²) in [5, 5.41) is 2.74. The van der Waals surface area contributed by atoms with Gasteiger partial charge in [-0.05, 0) is 22.0 Å². The van der Waals surface area contributed by atoms with Crippen molar-refractivity contribution < 1.29 is 9.18 Å². The number of anilines is 1. The number of carbonyl (C=O) groups excluding carboxylic acids is 1. The Morgan fingerprint density at radius 1 is 1.55 bits per heavy atom. The summed E-state index contributed by atoms with van der Waals surface area (Å²) in [6, 6.07) is 2.77. The summed E-state index contributed by atoms with van der Waals surface area (Å²) in [4.78, 5) is 17.0. The fourth-order valence-electron chi connectivity index (χ4n) is 1.81. The summed E-state index contributed by atoms with van der Waals surface area (Å²) in [6.45, 7) is 0.863. The lowest BCUT2D eigenvalue weighted by atomic mass is 10.3. The van der Waals surface area contributed by atoms with Gasteiger partial charge in [0, 0.05) is 33.3 Å². The molecular weight excluding hydrogens is 329 g/mol. The lowest BCUT2D eigenvalue weighted by molar-refractivity contribution is 0.217. The molecule has 0 spiro atoms.